The number of esters is 1. The van der Waals surface area contributed by atoms with Gasteiger partial charge in [0.15, 0.2) is 5.69 Å². The van der Waals surface area contributed by atoms with Crippen molar-refractivity contribution in [2.24, 2.45) is 0 Å². The number of hydrogen-bond acceptors (Lipinski definition) is 6. The van der Waals surface area contributed by atoms with Gasteiger partial charge in [-0.15, -0.1) is 0 Å². The molecule has 0 aromatic carbocycles. The van der Waals surface area contributed by atoms with E-state index in [1.165, 1.54) is 24.3 Å². The van der Waals surface area contributed by atoms with Gasteiger partial charge in [0.25, 0.3) is 5.91 Å². The number of likely N-dealkylation sites (tertiary alicyclic amines) is 1. The third-order valence-electron chi connectivity index (χ3n) is 2.67. The first-order chi connectivity index (χ1) is 8.13. The summed E-state index contributed by atoms with van der Waals surface area (Å²) >= 11 is 0. The van der Waals surface area contributed by atoms with Crippen LogP contribution >= 0.6 is 0 Å². The van der Waals surface area contributed by atoms with Crippen molar-refractivity contribution in [2.75, 3.05) is 13.7 Å². The molecule has 1 aliphatic rings. The number of aliphatic hydroxyl groups is 1. The largest absolute Gasteiger partial charge is 0.467 e. The van der Waals surface area contributed by atoms with Crippen LogP contribution in [0.4, 0.5) is 0 Å². The van der Waals surface area contributed by atoms with Gasteiger partial charge in [-0.1, -0.05) is 5.16 Å². The average molecular weight is 240 g/mol. The summed E-state index contributed by atoms with van der Waals surface area (Å²) in [4.78, 5) is 24.7. The minimum Gasteiger partial charge on any atom is -0.467 e. The molecule has 0 bridgehead atoms. The Morgan fingerprint density at radius 1 is 1.65 bits per heavy atom. The lowest BCUT2D eigenvalue weighted by Crippen LogP contribution is -2.41. The van der Waals surface area contributed by atoms with E-state index in [1.807, 2.05) is 0 Å². The lowest BCUT2D eigenvalue weighted by atomic mass is 10.2. The molecule has 0 spiro atoms. The van der Waals surface area contributed by atoms with Gasteiger partial charge in [-0.05, 0) is 0 Å². The summed E-state index contributed by atoms with van der Waals surface area (Å²) in [6.07, 6.45) is 0.721. The molecular weight excluding hydrogens is 228 g/mol. The molecule has 0 saturated carbocycles. The van der Waals surface area contributed by atoms with Crippen molar-refractivity contribution in [3.63, 3.8) is 0 Å². The molecule has 0 radical (unpaired) electrons. The number of methoxy groups -OCH3 is 1. The quantitative estimate of drug-likeness (QED) is 0.695. The van der Waals surface area contributed by atoms with E-state index in [1.54, 1.807) is 0 Å². The predicted octanol–water partition coefficient (Wildman–Crippen LogP) is -0.577. The lowest BCUT2D eigenvalue weighted by Gasteiger charge is -2.20. The van der Waals surface area contributed by atoms with Gasteiger partial charge in [0.1, 0.15) is 12.3 Å². The third-order valence-corrected chi connectivity index (χ3v) is 2.67. The van der Waals surface area contributed by atoms with Crippen molar-refractivity contribution < 1.29 is 24.0 Å². The van der Waals surface area contributed by atoms with Gasteiger partial charge in [0, 0.05) is 19.0 Å². The van der Waals surface area contributed by atoms with Crippen molar-refractivity contribution in [1.29, 1.82) is 0 Å². The number of amides is 1. The molecule has 1 aromatic rings. The highest BCUT2D eigenvalue weighted by Crippen LogP contribution is 2.21. The van der Waals surface area contributed by atoms with Crippen molar-refractivity contribution >= 4 is 11.9 Å². The molecule has 2 atom stereocenters. The third kappa shape index (κ3) is 2.14. The van der Waals surface area contributed by atoms with E-state index in [0.29, 0.717) is 0 Å². The highest BCUT2D eigenvalue weighted by Gasteiger charge is 2.40. The summed E-state index contributed by atoms with van der Waals surface area (Å²) in [7, 11) is 1.24. The van der Waals surface area contributed by atoms with E-state index >= 15 is 0 Å². The Kier molecular flexibility index (Phi) is 3.10. The fourth-order valence-corrected chi connectivity index (χ4v) is 1.87. The minimum atomic E-state index is -0.765. The fraction of sp³-hybridized carbons (Fsp3) is 0.500. The first-order valence-electron chi connectivity index (χ1n) is 5.10. The van der Waals surface area contributed by atoms with Gasteiger partial charge < -0.3 is 19.3 Å². The summed E-state index contributed by atoms with van der Waals surface area (Å²) in [6, 6.07) is 0.640. The molecule has 7 nitrogen and oxygen atoms in total. The van der Waals surface area contributed by atoms with Gasteiger partial charge in [0.05, 0.1) is 13.2 Å². The Hall–Kier alpha value is -1.89. The Balaban J connectivity index is 2.18. The molecule has 1 fully saturated rings. The zero-order chi connectivity index (χ0) is 12.4. The van der Waals surface area contributed by atoms with Crippen molar-refractivity contribution in [3.8, 4) is 0 Å². The van der Waals surface area contributed by atoms with Crippen LogP contribution in [0.25, 0.3) is 0 Å². The number of nitrogens with zero attached hydrogens (tertiary/aromatic N) is 2. The van der Waals surface area contributed by atoms with E-state index in [0.717, 1.165) is 0 Å². The fourth-order valence-electron chi connectivity index (χ4n) is 1.87. The highest BCUT2D eigenvalue weighted by atomic mass is 16.5. The summed E-state index contributed by atoms with van der Waals surface area (Å²) in [6.45, 7) is 0.0888. The monoisotopic (exact) mass is 240 g/mol. The highest BCUT2D eigenvalue weighted by molar-refractivity contribution is 5.95. The number of rotatable bonds is 2. The molecule has 1 aromatic heterocycles. The second kappa shape index (κ2) is 4.54. The van der Waals surface area contributed by atoms with Gasteiger partial charge in [0.2, 0.25) is 0 Å². The van der Waals surface area contributed by atoms with E-state index < -0.39 is 24.0 Å². The standard InChI is InChI=1S/C10H12N2O5/c1-16-10(15)8-4-6(13)5-12(8)9(14)7-2-3-17-11-7/h2-3,6,8,13H,4-5H2,1H3. The topological polar surface area (TPSA) is 92.9 Å². The first-order valence-corrected chi connectivity index (χ1v) is 5.10. The van der Waals surface area contributed by atoms with Crippen LogP contribution in [0.5, 0.6) is 0 Å². The molecule has 2 rings (SSSR count). The second-order valence-electron chi connectivity index (χ2n) is 3.77. The van der Waals surface area contributed by atoms with E-state index in [-0.39, 0.29) is 18.7 Å². The van der Waals surface area contributed by atoms with Crippen molar-refractivity contribution in [1.82, 2.24) is 10.1 Å². The summed E-state index contributed by atoms with van der Waals surface area (Å²) < 4.78 is 9.16. The smallest absolute Gasteiger partial charge is 0.328 e. The number of hydrogen-bond donors (Lipinski definition) is 1. The number of carbonyl (C=O) groups is 2. The SMILES string of the molecule is COC(=O)C1CC(O)CN1C(=O)c1ccon1. The zero-order valence-electron chi connectivity index (χ0n) is 9.20. The molecular formula is C10H12N2O5. The molecule has 2 unspecified atom stereocenters. The molecule has 1 amide bonds. The van der Waals surface area contributed by atoms with Crippen LogP contribution in [0.1, 0.15) is 16.9 Å². The molecule has 92 valence electrons. The van der Waals surface area contributed by atoms with Crippen LogP contribution in [0, 0.1) is 0 Å². The maximum absolute atomic E-state index is 12.0. The predicted molar refractivity (Wildman–Crippen MR) is 54.0 cm³/mol. The van der Waals surface area contributed by atoms with Gasteiger partial charge in [-0.25, -0.2) is 4.79 Å². The maximum atomic E-state index is 12.0. The summed E-state index contributed by atoms with van der Waals surface area (Å²) in [5.74, 6) is -0.996. The van der Waals surface area contributed by atoms with E-state index in [9.17, 15) is 14.7 Å². The van der Waals surface area contributed by atoms with E-state index in [4.69, 9.17) is 0 Å². The summed E-state index contributed by atoms with van der Waals surface area (Å²) in [5, 5.41) is 13.0. The Labute approximate surface area is 96.9 Å². The van der Waals surface area contributed by atoms with Crippen LogP contribution in [0.3, 0.4) is 0 Å². The molecule has 17 heavy (non-hydrogen) atoms. The van der Waals surface area contributed by atoms with Gasteiger partial charge in [-0.2, -0.15) is 0 Å². The van der Waals surface area contributed by atoms with Crippen LogP contribution in [0.15, 0.2) is 16.9 Å². The molecule has 1 saturated heterocycles. The molecule has 0 aliphatic carbocycles. The van der Waals surface area contributed by atoms with Crippen LogP contribution in [-0.2, 0) is 9.53 Å². The summed E-state index contributed by atoms with van der Waals surface area (Å²) in [5.41, 5.74) is 0.105. The molecule has 1 N–H and O–H groups in total. The van der Waals surface area contributed by atoms with Crippen molar-refractivity contribution in [2.45, 2.75) is 18.6 Å². The normalized spacial score (nSPS) is 23.8. The zero-order valence-corrected chi connectivity index (χ0v) is 9.20. The average Bonchev–Trinajstić information content (AvgIpc) is 2.95. The number of aliphatic hydroxyl groups excluding tert-OH is 1. The number of carbonyl (C=O) groups excluding carboxylic acids is 2. The van der Waals surface area contributed by atoms with Gasteiger partial charge >= 0.3 is 5.97 Å². The first kappa shape index (κ1) is 11.6. The lowest BCUT2D eigenvalue weighted by molar-refractivity contribution is -0.145. The Morgan fingerprint density at radius 3 is 3.00 bits per heavy atom. The molecule has 1 aliphatic heterocycles. The molecule has 7 heteroatoms. The minimum absolute atomic E-state index is 0.0888. The second-order valence-corrected chi connectivity index (χ2v) is 3.77. The number of β-amino-alcohol motifs (C(OH)–C–C–N with tert-alkyl or cyclic N) is 1. The number of ether oxygens (including phenoxy) is 1. The van der Waals surface area contributed by atoms with Crippen molar-refractivity contribution in [3.05, 3.63) is 18.0 Å². The van der Waals surface area contributed by atoms with Gasteiger partial charge in [-0.3, -0.25) is 4.79 Å². The van der Waals surface area contributed by atoms with Crippen LogP contribution < -0.4 is 0 Å². The van der Waals surface area contributed by atoms with Crippen LogP contribution in [-0.4, -0.2) is 52.8 Å². The Bertz CT molecular complexity index is 416. The Morgan fingerprint density at radius 2 is 2.41 bits per heavy atom. The van der Waals surface area contributed by atoms with Crippen LogP contribution in [0.2, 0.25) is 0 Å². The maximum Gasteiger partial charge on any atom is 0.328 e. The molecule has 2 heterocycles. The number of aromatic nitrogens is 1. The van der Waals surface area contributed by atoms with E-state index in [2.05, 4.69) is 14.4 Å².